The minimum Gasteiger partial charge on any atom is -0.338 e. The molecule has 0 radical (unpaired) electrons. The minimum absolute atomic E-state index is 0.296. The summed E-state index contributed by atoms with van der Waals surface area (Å²) in [5.41, 5.74) is 2.84. The molecular formula is C17H18N4O2S. The summed E-state index contributed by atoms with van der Waals surface area (Å²) in [5, 5.41) is 9.45. The third-order valence-electron chi connectivity index (χ3n) is 3.43. The second-order valence-corrected chi connectivity index (χ2v) is 6.61. The highest BCUT2D eigenvalue weighted by Gasteiger charge is 2.18. The Balaban J connectivity index is 1.76. The van der Waals surface area contributed by atoms with E-state index in [9.17, 15) is 4.79 Å². The third-order valence-corrected chi connectivity index (χ3v) is 4.27. The summed E-state index contributed by atoms with van der Waals surface area (Å²) in [6, 6.07) is 9.70. The predicted octanol–water partition coefficient (Wildman–Crippen LogP) is 3.42. The van der Waals surface area contributed by atoms with Gasteiger partial charge in [-0.15, -0.1) is 11.3 Å². The number of anilines is 1. The molecule has 7 heteroatoms. The number of thiazole rings is 1. The number of hydrogen-bond donors (Lipinski definition) is 1. The van der Waals surface area contributed by atoms with Crippen molar-refractivity contribution in [2.75, 3.05) is 19.4 Å². The first-order valence-electron chi connectivity index (χ1n) is 7.47. The molecule has 0 atom stereocenters. The van der Waals surface area contributed by atoms with Crippen LogP contribution in [0.1, 0.15) is 21.1 Å². The van der Waals surface area contributed by atoms with Crippen LogP contribution in [0.15, 0.2) is 40.2 Å². The van der Waals surface area contributed by atoms with Gasteiger partial charge in [0.1, 0.15) is 16.4 Å². The molecule has 2 aromatic heterocycles. The fourth-order valence-corrected chi connectivity index (χ4v) is 3.13. The summed E-state index contributed by atoms with van der Waals surface area (Å²) in [6.45, 7) is 2.57. The lowest BCUT2D eigenvalue weighted by Gasteiger charge is -2.05. The van der Waals surface area contributed by atoms with E-state index in [1.165, 1.54) is 11.3 Å². The molecule has 24 heavy (non-hydrogen) atoms. The molecule has 0 aliphatic rings. The fourth-order valence-electron chi connectivity index (χ4n) is 2.24. The molecule has 0 aliphatic heterocycles. The number of benzene rings is 1. The Kier molecular flexibility index (Phi) is 4.73. The number of nitrogens with one attached hydrogen (secondary N) is 1. The molecular weight excluding hydrogens is 324 g/mol. The van der Waals surface area contributed by atoms with Crippen LogP contribution in [0.4, 0.5) is 5.88 Å². The number of hydrogen-bond acceptors (Lipinski definition) is 6. The summed E-state index contributed by atoms with van der Waals surface area (Å²) < 4.78 is 5.30. The zero-order chi connectivity index (χ0) is 17.1. The third kappa shape index (κ3) is 3.52. The smallest absolute Gasteiger partial charge is 0.277 e. The number of aromatic nitrogens is 2. The standard InChI is InChI=1S/C17H18N4O2S/c1-11-15(12-7-5-4-6-8-12)20-23-17(11)19-16(22)13-10-24-14(18-13)9-21(2)3/h4-8,10H,9H2,1-3H3,(H,19,22). The SMILES string of the molecule is Cc1c(-c2ccccc2)noc1NC(=O)c1csc(CN(C)C)n1. The van der Waals surface area contributed by atoms with Crippen molar-refractivity contribution >= 4 is 23.1 Å². The number of carbonyl (C=O) groups excluding carboxylic acids is 1. The first kappa shape index (κ1) is 16.4. The van der Waals surface area contributed by atoms with Crippen molar-refractivity contribution in [3.63, 3.8) is 0 Å². The Bertz CT molecular complexity index is 839. The normalized spacial score (nSPS) is 11.0. The van der Waals surface area contributed by atoms with Crippen LogP contribution in [0, 0.1) is 6.92 Å². The van der Waals surface area contributed by atoms with Gasteiger partial charge >= 0.3 is 0 Å². The second-order valence-electron chi connectivity index (χ2n) is 5.67. The summed E-state index contributed by atoms with van der Waals surface area (Å²) >= 11 is 1.46. The van der Waals surface area contributed by atoms with Crippen LogP contribution in [0.2, 0.25) is 0 Å². The summed E-state index contributed by atoms with van der Waals surface area (Å²) in [4.78, 5) is 18.7. The van der Waals surface area contributed by atoms with Crippen molar-refractivity contribution in [3.05, 3.63) is 52.0 Å². The van der Waals surface area contributed by atoms with E-state index >= 15 is 0 Å². The van der Waals surface area contributed by atoms with Gasteiger partial charge in [0.15, 0.2) is 0 Å². The largest absolute Gasteiger partial charge is 0.338 e. The van der Waals surface area contributed by atoms with E-state index in [4.69, 9.17) is 4.52 Å². The Morgan fingerprint density at radius 2 is 2.04 bits per heavy atom. The van der Waals surface area contributed by atoms with E-state index in [0.29, 0.717) is 18.1 Å². The Labute approximate surface area is 144 Å². The number of nitrogens with zero attached hydrogens (tertiary/aromatic N) is 3. The molecule has 0 bridgehead atoms. The lowest BCUT2D eigenvalue weighted by atomic mass is 10.1. The van der Waals surface area contributed by atoms with Gasteiger partial charge in [0, 0.05) is 23.1 Å². The maximum atomic E-state index is 12.3. The van der Waals surface area contributed by atoms with E-state index in [-0.39, 0.29) is 5.91 Å². The Hall–Kier alpha value is -2.51. The second kappa shape index (κ2) is 6.94. The van der Waals surface area contributed by atoms with Gasteiger partial charge in [-0.3, -0.25) is 10.1 Å². The molecule has 2 heterocycles. The highest BCUT2D eigenvalue weighted by Crippen LogP contribution is 2.28. The molecule has 6 nitrogen and oxygen atoms in total. The monoisotopic (exact) mass is 342 g/mol. The van der Waals surface area contributed by atoms with Crippen LogP contribution in [0.3, 0.4) is 0 Å². The van der Waals surface area contributed by atoms with Crippen molar-refractivity contribution in [1.82, 2.24) is 15.0 Å². The summed E-state index contributed by atoms with van der Waals surface area (Å²) in [7, 11) is 3.92. The molecule has 0 unspecified atom stereocenters. The number of amides is 1. The molecule has 0 aliphatic carbocycles. The molecule has 1 amide bonds. The van der Waals surface area contributed by atoms with Gasteiger partial charge in [-0.25, -0.2) is 4.98 Å². The molecule has 3 rings (SSSR count). The minimum atomic E-state index is -0.296. The van der Waals surface area contributed by atoms with E-state index < -0.39 is 0 Å². The highest BCUT2D eigenvalue weighted by molar-refractivity contribution is 7.09. The van der Waals surface area contributed by atoms with Gasteiger partial charge in [-0.1, -0.05) is 35.5 Å². The van der Waals surface area contributed by atoms with Crippen LogP contribution in [-0.4, -0.2) is 35.0 Å². The fraction of sp³-hybridized carbons (Fsp3) is 0.235. The van der Waals surface area contributed by atoms with Gasteiger partial charge in [0.2, 0.25) is 5.88 Å². The summed E-state index contributed by atoms with van der Waals surface area (Å²) in [6.07, 6.45) is 0. The maximum absolute atomic E-state index is 12.3. The Morgan fingerprint density at radius 1 is 1.29 bits per heavy atom. The first-order chi connectivity index (χ1) is 11.5. The lowest BCUT2D eigenvalue weighted by Crippen LogP contribution is -2.14. The van der Waals surface area contributed by atoms with E-state index in [1.54, 1.807) is 5.38 Å². The average molecular weight is 342 g/mol. The number of rotatable bonds is 5. The zero-order valence-corrected chi connectivity index (χ0v) is 14.6. The first-order valence-corrected chi connectivity index (χ1v) is 8.34. The molecule has 0 spiro atoms. The molecule has 0 saturated heterocycles. The van der Waals surface area contributed by atoms with E-state index in [2.05, 4.69) is 15.5 Å². The molecule has 124 valence electrons. The zero-order valence-electron chi connectivity index (χ0n) is 13.7. The lowest BCUT2D eigenvalue weighted by molar-refractivity contribution is 0.101. The van der Waals surface area contributed by atoms with E-state index in [1.807, 2.05) is 56.3 Å². The van der Waals surface area contributed by atoms with Crippen molar-refractivity contribution in [1.29, 1.82) is 0 Å². The van der Waals surface area contributed by atoms with Gasteiger partial charge in [-0.2, -0.15) is 0 Å². The quantitative estimate of drug-likeness (QED) is 0.769. The van der Waals surface area contributed by atoms with Crippen molar-refractivity contribution in [2.24, 2.45) is 0 Å². The van der Waals surface area contributed by atoms with Crippen LogP contribution < -0.4 is 5.32 Å². The van der Waals surface area contributed by atoms with Crippen LogP contribution in [0.25, 0.3) is 11.3 Å². The van der Waals surface area contributed by atoms with Crippen LogP contribution in [-0.2, 0) is 6.54 Å². The number of carbonyl (C=O) groups is 1. The van der Waals surface area contributed by atoms with E-state index in [0.717, 1.165) is 21.8 Å². The van der Waals surface area contributed by atoms with Crippen LogP contribution in [0.5, 0.6) is 0 Å². The van der Waals surface area contributed by atoms with Gasteiger partial charge in [-0.05, 0) is 21.0 Å². The van der Waals surface area contributed by atoms with Gasteiger partial charge in [0.25, 0.3) is 5.91 Å². The van der Waals surface area contributed by atoms with Crippen molar-refractivity contribution in [2.45, 2.75) is 13.5 Å². The average Bonchev–Trinajstić information content (AvgIpc) is 3.15. The van der Waals surface area contributed by atoms with Crippen molar-refractivity contribution in [3.8, 4) is 11.3 Å². The maximum Gasteiger partial charge on any atom is 0.277 e. The molecule has 1 N–H and O–H groups in total. The molecule has 3 aromatic rings. The van der Waals surface area contributed by atoms with Crippen molar-refractivity contribution < 1.29 is 9.32 Å². The van der Waals surface area contributed by atoms with Gasteiger partial charge < -0.3 is 9.42 Å². The molecule has 0 saturated carbocycles. The van der Waals surface area contributed by atoms with Crippen LogP contribution >= 0.6 is 11.3 Å². The molecule has 1 aromatic carbocycles. The topological polar surface area (TPSA) is 71.3 Å². The highest BCUT2D eigenvalue weighted by atomic mass is 32.1. The predicted molar refractivity (Wildman–Crippen MR) is 94.1 cm³/mol. The molecule has 0 fully saturated rings. The van der Waals surface area contributed by atoms with Gasteiger partial charge in [0.05, 0.1) is 0 Å². The Morgan fingerprint density at radius 3 is 2.75 bits per heavy atom. The summed E-state index contributed by atoms with van der Waals surface area (Å²) in [5.74, 6) is 0.0520.